The average molecular weight is 389 g/mol. The molecule has 2 aromatic rings. The van der Waals surface area contributed by atoms with Crippen LogP contribution in [0.5, 0.6) is 5.75 Å². The van der Waals surface area contributed by atoms with E-state index in [0.717, 1.165) is 13.0 Å². The molecule has 0 saturated heterocycles. The number of quaternary nitrogens is 1. The standard InChI is InChI=1S/C17H19Cl2NO5/c1-9-10-7-12(18)16(24-6-4-5-20-2)14(19)15(10)25-17(22)11(9)8-13(21)23-3/h7,20H,4-6,8H2,1-3H3/p+1. The maximum Gasteiger partial charge on any atom is 0.340 e. The lowest BCUT2D eigenvalue weighted by Gasteiger charge is -2.13. The lowest BCUT2D eigenvalue weighted by Crippen LogP contribution is -2.79. The number of aryl methyl sites for hydroxylation is 1. The van der Waals surface area contributed by atoms with E-state index in [1.165, 1.54) is 7.11 Å². The van der Waals surface area contributed by atoms with Crippen LogP contribution in [0, 0.1) is 6.92 Å². The second kappa shape index (κ2) is 8.56. The number of carbonyl (C=O) groups is 1. The summed E-state index contributed by atoms with van der Waals surface area (Å²) in [6.07, 6.45) is 0.643. The van der Waals surface area contributed by atoms with Gasteiger partial charge in [-0.05, 0) is 18.6 Å². The quantitative estimate of drug-likeness (QED) is 0.446. The van der Waals surface area contributed by atoms with Crippen molar-refractivity contribution in [1.82, 2.24) is 0 Å². The number of nitrogens with two attached hydrogens (primary N) is 1. The third-order valence-electron chi connectivity index (χ3n) is 3.86. The highest BCUT2D eigenvalue weighted by Crippen LogP contribution is 2.40. The fraction of sp³-hybridized carbons (Fsp3) is 0.412. The molecule has 0 fully saturated rings. The number of methoxy groups -OCH3 is 1. The maximum atomic E-state index is 12.2. The van der Waals surface area contributed by atoms with E-state index in [4.69, 9.17) is 32.4 Å². The molecule has 0 radical (unpaired) electrons. The fourth-order valence-corrected chi connectivity index (χ4v) is 3.05. The van der Waals surface area contributed by atoms with Gasteiger partial charge < -0.3 is 19.2 Å². The summed E-state index contributed by atoms with van der Waals surface area (Å²) < 4.78 is 15.6. The van der Waals surface area contributed by atoms with Gasteiger partial charge >= 0.3 is 11.6 Å². The van der Waals surface area contributed by atoms with Gasteiger partial charge in [-0.25, -0.2) is 4.79 Å². The largest absolute Gasteiger partial charge is 0.490 e. The number of esters is 1. The van der Waals surface area contributed by atoms with Gasteiger partial charge in [-0.3, -0.25) is 4.79 Å². The van der Waals surface area contributed by atoms with Crippen molar-refractivity contribution in [3.8, 4) is 5.75 Å². The Labute approximate surface area is 155 Å². The summed E-state index contributed by atoms with van der Waals surface area (Å²) in [6.45, 7) is 3.06. The third-order valence-corrected chi connectivity index (χ3v) is 4.49. The minimum absolute atomic E-state index is 0.146. The Morgan fingerprint density at radius 1 is 1.36 bits per heavy atom. The van der Waals surface area contributed by atoms with Crippen molar-refractivity contribution < 1.29 is 24.0 Å². The minimum atomic E-state index is -0.633. The molecule has 0 aliphatic heterocycles. The molecule has 1 aromatic carbocycles. The first kappa shape index (κ1) is 19.6. The first-order chi connectivity index (χ1) is 11.9. The number of benzene rings is 1. The summed E-state index contributed by atoms with van der Waals surface area (Å²) in [6, 6.07) is 1.63. The first-order valence-electron chi connectivity index (χ1n) is 7.82. The van der Waals surface area contributed by atoms with Gasteiger partial charge in [0.25, 0.3) is 0 Å². The molecule has 0 saturated carbocycles. The summed E-state index contributed by atoms with van der Waals surface area (Å²) in [5.41, 5.74) is 0.358. The molecule has 0 aliphatic rings. The van der Waals surface area contributed by atoms with Gasteiger partial charge in [0.05, 0.1) is 44.3 Å². The average Bonchev–Trinajstić information content (AvgIpc) is 2.59. The lowest BCUT2D eigenvalue weighted by molar-refractivity contribution is -0.627. The summed E-state index contributed by atoms with van der Waals surface area (Å²) >= 11 is 12.6. The molecule has 0 aliphatic carbocycles. The van der Waals surface area contributed by atoms with Crippen LogP contribution in [0.3, 0.4) is 0 Å². The van der Waals surface area contributed by atoms with Crippen molar-refractivity contribution in [2.75, 3.05) is 27.3 Å². The van der Waals surface area contributed by atoms with Crippen LogP contribution in [0.25, 0.3) is 11.0 Å². The normalized spacial score (nSPS) is 10.9. The number of hydrogen-bond donors (Lipinski definition) is 1. The molecule has 1 heterocycles. The third kappa shape index (κ3) is 4.26. The van der Waals surface area contributed by atoms with E-state index in [-0.39, 0.29) is 28.3 Å². The van der Waals surface area contributed by atoms with E-state index in [9.17, 15) is 9.59 Å². The Kier molecular flexibility index (Phi) is 6.70. The summed E-state index contributed by atoms with van der Waals surface area (Å²) in [5.74, 6) is -0.241. The van der Waals surface area contributed by atoms with Gasteiger partial charge in [0.2, 0.25) is 0 Å². The Balaban J connectivity index is 2.50. The van der Waals surface area contributed by atoms with Gasteiger partial charge in [-0.15, -0.1) is 0 Å². The number of fused-ring (bicyclic) bond motifs is 1. The highest BCUT2D eigenvalue weighted by Gasteiger charge is 2.20. The van der Waals surface area contributed by atoms with Crippen molar-refractivity contribution in [2.24, 2.45) is 0 Å². The Morgan fingerprint density at radius 3 is 2.72 bits per heavy atom. The smallest absolute Gasteiger partial charge is 0.340 e. The first-order valence-corrected chi connectivity index (χ1v) is 8.58. The molecule has 6 nitrogen and oxygen atoms in total. The van der Waals surface area contributed by atoms with Crippen molar-refractivity contribution in [3.63, 3.8) is 0 Å². The molecule has 136 valence electrons. The molecule has 2 N–H and O–H groups in total. The van der Waals surface area contributed by atoms with E-state index in [0.29, 0.717) is 22.6 Å². The zero-order chi connectivity index (χ0) is 18.6. The van der Waals surface area contributed by atoms with Gasteiger partial charge in [0, 0.05) is 11.8 Å². The molecule has 2 rings (SSSR count). The lowest BCUT2D eigenvalue weighted by atomic mass is 10.0. The fourth-order valence-electron chi connectivity index (χ4n) is 2.45. The summed E-state index contributed by atoms with van der Waals surface area (Å²) in [7, 11) is 3.23. The zero-order valence-corrected chi connectivity index (χ0v) is 15.8. The molecule has 25 heavy (non-hydrogen) atoms. The van der Waals surface area contributed by atoms with Crippen LogP contribution < -0.4 is 15.7 Å². The van der Waals surface area contributed by atoms with E-state index < -0.39 is 11.6 Å². The van der Waals surface area contributed by atoms with Crippen molar-refractivity contribution in [2.45, 2.75) is 19.8 Å². The van der Waals surface area contributed by atoms with Crippen molar-refractivity contribution in [1.29, 1.82) is 0 Å². The highest BCUT2D eigenvalue weighted by molar-refractivity contribution is 6.40. The number of ether oxygens (including phenoxy) is 2. The second-order valence-corrected chi connectivity index (χ2v) is 6.31. The molecule has 0 atom stereocenters. The molecule has 8 heteroatoms. The Hall–Kier alpha value is -1.76. The number of halogens is 2. The Bertz CT molecular complexity index is 847. The van der Waals surface area contributed by atoms with Crippen LogP contribution in [0.15, 0.2) is 15.3 Å². The zero-order valence-electron chi connectivity index (χ0n) is 14.3. The monoisotopic (exact) mass is 388 g/mol. The van der Waals surface area contributed by atoms with Crippen molar-refractivity contribution >= 4 is 40.1 Å². The summed E-state index contributed by atoms with van der Waals surface area (Å²) in [4.78, 5) is 23.7. The van der Waals surface area contributed by atoms with Crippen LogP contribution in [0.4, 0.5) is 0 Å². The predicted octanol–water partition coefficient (Wildman–Crippen LogP) is 2.09. The molecule has 1 aromatic heterocycles. The maximum absolute atomic E-state index is 12.2. The minimum Gasteiger partial charge on any atom is -0.490 e. The molecule has 0 bridgehead atoms. The van der Waals surface area contributed by atoms with E-state index >= 15 is 0 Å². The van der Waals surface area contributed by atoms with Gasteiger partial charge in [0.15, 0.2) is 11.3 Å². The number of rotatable bonds is 7. The van der Waals surface area contributed by atoms with Crippen molar-refractivity contribution in [3.05, 3.63) is 37.7 Å². The van der Waals surface area contributed by atoms with Crippen LogP contribution in [0.2, 0.25) is 10.0 Å². The van der Waals surface area contributed by atoms with Gasteiger partial charge in [0.1, 0.15) is 5.02 Å². The molecule has 0 spiro atoms. The Morgan fingerprint density at radius 2 is 2.08 bits per heavy atom. The van der Waals surface area contributed by atoms with E-state index in [2.05, 4.69) is 4.74 Å². The SMILES string of the molecule is C[NH2+]CCCOc1c(Cl)cc2c(C)c(CC(=O)OC)c(=O)oc2c1Cl. The molecular formula is C17H20Cl2NO5+. The molecule has 0 amide bonds. The van der Waals surface area contributed by atoms with E-state index in [1.807, 2.05) is 12.4 Å². The molecule has 0 unspecified atom stereocenters. The second-order valence-electron chi connectivity index (χ2n) is 5.52. The van der Waals surface area contributed by atoms with Crippen LogP contribution in [0.1, 0.15) is 17.5 Å². The van der Waals surface area contributed by atoms with Gasteiger partial charge in [-0.1, -0.05) is 23.2 Å². The highest BCUT2D eigenvalue weighted by atomic mass is 35.5. The summed E-state index contributed by atoms with van der Waals surface area (Å²) in [5, 5.41) is 3.06. The number of carbonyl (C=O) groups excluding carboxylic acids is 1. The van der Waals surface area contributed by atoms with E-state index in [1.54, 1.807) is 13.0 Å². The van der Waals surface area contributed by atoms with Crippen LogP contribution in [-0.2, 0) is 16.0 Å². The molecular weight excluding hydrogens is 369 g/mol. The van der Waals surface area contributed by atoms with Crippen LogP contribution in [-0.4, -0.2) is 33.3 Å². The predicted molar refractivity (Wildman–Crippen MR) is 95.8 cm³/mol. The number of hydrogen-bond acceptors (Lipinski definition) is 5. The topological polar surface area (TPSA) is 82.4 Å². The van der Waals surface area contributed by atoms with Gasteiger partial charge in [-0.2, -0.15) is 0 Å². The van der Waals surface area contributed by atoms with Crippen LogP contribution >= 0.6 is 23.2 Å².